The number of alkyl halides is 1. The van der Waals surface area contributed by atoms with Crippen LogP contribution in [-0.2, 0) is 16.0 Å². The molecule has 0 saturated carbocycles. The van der Waals surface area contributed by atoms with Gasteiger partial charge >= 0.3 is 0 Å². The maximum atomic E-state index is 11.4. The van der Waals surface area contributed by atoms with Gasteiger partial charge in [-0.15, -0.1) is 0 Å². The molecule has 0 saturated heterocycles. The molecule has 0 aliphatic carbocycles. The minimum Gasteiger partial charge on any atom is -0.299 e. The zero-order chi connectivity index (χ0) is 11.3. The fourth-order valence-electron chi connectivity index (χ4n) is 1.16. The van der Waals surface area contributed by atoms with E-state index in [1.807, 2.05) is 24.3 Å². The van der Waals surface area contributed by atoms with Crippen molar-refractivity contribution in [3.63, 3.8) is 0 Å². The van der Waals surface area contributed by atoms with Crippen LogP contribution in [0.25, 0.3) is 0 Å². The van der Waals surface area contributed by atoms with Crippen LogP contribution in [-0.4, -0.2) is 16.9 Å². The van der Waals surface area contributed by atoms with Crippen molar-refractivity contribution in [2.45, 2.75) is 12.8 Å². The molecule has 2 nitrogen and oxygen atoms in total. The molecule has 0 N–H and O–H groups in total. The number of carbonyl (C=O) groups is 2. The van der Waals surface area contributed by atoms with Crippen LogP contribution in [0.1, 0.15) is 12.0 Å². The van der Waals surface area contributed by atoms with E-state index in [1.54, 1.807) is 0 Å². The third-order valence-electron chi connectivity index (χ3n) is 1.86. The molecule has 0 spiro atoms. The summed E-state index contributed by atoms with van der Waals surface area (Å²) in [5.41, 5.74) is 0.936. The van der Waals surface area contributed by atoms with Crippen LogP contribution in [0.5, 0.6) is 0 Å². The SMILES string of the molecule is O=C(CBr)CC(=O)Cc1ccc(Br)cc1. The van der Waals surface area contributed by atoms with Gasteiger partial charge in [0, 0.05) is 10.9 Å². The molecular weight excluding hydrogens is 324 g/mol. The van der Waals surface area contributed by atoms with Crippen molar-refractivity contribution >= 4 is 43.4 Å². The lowest BCUT2D eigenvalue weighted by atomic mass is 10.1. The van der Waals surface area contributed by atoms with Gasteiger partial charge in [0.15, 0.2) is 5.78 Å². The molecule has 0 fully saturated rings. The zero-order valence-corrected chi connectivity index (χ0v) is 11.2. The third kappa shape index (κ3) is 4.71. The Morgan fingerprint density at radius 3 is 2.20 bits per heavy atom. The third-order valence-corrected chi connectivity index (χ3v) is 3.01. The summed E-state index contributed by atoms with van der Waals surface area (Å²) in [6, 6.07) is 7.52. The quantitative estimate of drug-likeness (QED) is 0.613. The molecule has 1 rings (SSSR count). The van der Waals surface area contributed by atoms with Crippen LogP contribution in [0.4, 0.5) is 0 Å². The first-order valence-electron chi connectivity index (χ1n) is 4.45. The number of Topliss-reactive ketones (excluding diaryl/α,β-unsaturated/α-hetero) is 2. The smallest absolute Gasteiger partial charge is 0.150 e. The first kappa shape index (κ1) is 12.6. The molecule has 0 bridgehead atoms. The highest BCUT2D eigenvalue weighted by Gasteiger charge is 2.08. The van der Waals surface area contributed by atoms with Crippen molar-refractivity contribution in [3.05, 3.63) is 34.3 Å². The fourth-order valence-corrected chi connectivity index (χ4v) is 1.62. The first-order valence-corrected chi connectivity index (χ1v) is 6.37. The highest BCUT2D eigenvalue weighted by atomic mass is 79.9. The molecule has 0 heterocycles. The van der Waals surface area contributed by atoms with Crippen molar-refractivity contribution < 1.29 is 9.59 Å². The Morgan fingerprint density at radius 2 is 1.67 bits per heavy atom. The fraction of sp³-hybridized carbons (Fsp3) is 0.273. The second-order valence-electron chi connectivity index (χ2n) is 3.19. The second kappa shape index (κ2) is 6.18. The zero-order valence-electron chi connectivity index (χ0n) is 8.00. The van der Waals surface area contributed by atoms with E-state index in [-0.39, 0.29) is 23.3 Å². The number of ketones is 2. The van der Waals surface area contributed by atoms with E-state index in [0.717, 1.165) is 10.0 Å². The Hall–Kier alpha value is -0.480. The summed E-state index contributed by atoms with van der Waals surface area (Å²) in [4.78, 5) is 22.4. The van der Waals surface area contributed by atoms with E-state index in [1.165, 1.54) is 0 Å². The molecule has 1 aromatic rings. The maximum absolute atomic E-state index is 11.4. The minimum atomic E-state index is -0.0721. The van der Waals surface area contributed by atoms with Crippen molar-refractivity contribution in [1.29, 1.82) is 0 Å². The number of carbonyl (C=O) groups excluding carboxylic acids is 2. The van der Waals surface area contributed by atoms with E-state index in [0.29, 0.717) is 6.42 Å². The predicted molar refractivity (Wildman–Crippen MR) is 66.3 cm³/mol. The molecule has 0 amide bonds. The average molecular weight is 334 g/mol. The molecule has 4 heteroatoms. The van der Waals surface area contributed by atoms with Crippen LogP contribution in [0.15, 0.2) is 28.7 Å². The molecule has 0 unspecified atom stereocenters. The molecular formula is C11H10Br2O2. The van der Waals surface area contributed by atoms with Gasteiger partial charge in [-0.25, -0.2) is 0 Å². The van der Waals surface area contributed by atoms with Crippen LogP contribution >= 0.6 is 31.9 Å². The molecule has 0 aliphatic heterocycles. The van der Waals surface area contributed by atoms with E-state index < -0.39 is 0 Å². The molecule has 0 atom stereocenters. The van der Waals surface area contributed by atoms with Gasteiger partial charge in [0.2, 0.25) is 0 Å². The number of benzene rings is 1. The summed E-state index contributed by atoms with van der Waals surface area (Å²) in [6.07, 6.45) is 0.341. The minimum absolute atomic E-state index is 0.0152. The van der Waals surface area contributed by atoms with Gasteiger partial charge in [-0.2, -0.15) is 0 Å². The van der Waals surface area contributed by atoms with Gasteiger partial charge in [-0.05, 0) is 17.7 Å². The topological polar surface area (TPSA) is 34.1 Å². The average Bonchev–Trinajstić information content (AvgIpc) is 2.21. The monoisotopic (exact) mass is 332 g/mol. The highest BCUT2D eigenvalue weighted by molar-refractivity contribution is 9.10. The van der Waals surface area contributed by atoms with Gasteiger partial charge in [0.05, 0.1) is 11.8 Å². The summed E-state index contributed by atoms with van der Waals surface area (Å²) in [6.45, 7) is 0. The number of rotatable bonds is 5. The number of halogens is 2. The molecule has 0 radical (unpaired) electrons. The molecule has 1 aromatic carbocycles. The van der Waals surface area contributed by atoms with Crippen molar-refractivity contribution in [1.82, 2.24) is 0 Å². The molecule has 15 heavy (non-hydrogen) atoms. The van der Waals surface area contributed by atoms with E-state index in [4.69, 9.17) is 0 Å². The normalized spacial score (nSPS) is 10.0. The summed E-state index contributed by atoms with van der Waals surface area (Å²) in [7, 11) is 0. The Kier molecular flexibility index (Phi) is 5.19. The van der Waals surface area contributed by atoms with Crippen LogP contribution in [0, 0.1) is 0 Å². The van der Waals surface area contributed by atoms with Gasteiger partial charge in [0.1, 0.15) is 5.78 Å². The van der Waals surface area contributed by atoms with Crippen LogP contribution < -0.4 is 0 Å². The van der Waals surface area contributed by atoms with Crippen LogP contribution in [0.2, 0.25) is 0 Å². The summed E-state index contributed by atoms with van der Waals surface area (Å²) in [5.74, 6) is -0.112. The van der Waals surface area contributed by atoms with Crippen molar-refractivity contribution in [2.75, 3.05) is 5.33 Å². The van der Waals surface area contributed by atoms with Crippen LogP contribution in [0.3, 0.4) is 0 Å². The van der Waals surface area contributed by atoms with Gasteiger partial charge in [-0.3, -0.25) is 9.59 Å². The number of hydrogen-bond donors (Lipinski definition) is 0. The number of hydrogen-bond acceptors (Lipinski definition) is 2. The Balaban J connectivity index is 2.51. The van der Waals surface area contributed by atoms with Gasteiger partial charge in [-0.1, -0.05) is 44.0 Å². The lowest BCUT2D eigenvalue weighted by Crippen LogP contribution is -2.10. The van der Waals surface area contributed by atoms with Gasteiger partial charge < -0.3 is 0 Å². The lowest BCUT2D eigenvalue weighted by molar-refractivity contribution is -0.125. The summed E-state index contributed by atoms with van der Waals surface area (Å²) >= 11 is 6.35. The largest absolute Gasteiger partial charge is 0.299 e. The summed E-state index contributed by atoms with van der Waals surface area (Å²) < 4.78 is 0.982. The molecule has 80 valence electrons. The maximum Gasteiger partial charge on any atom is 0.150 e. The second-order valence-corrected chi connectivity index (χ2v) is 4.67. The van der Waals surface area contributed by atoms with Crippen molar-refractivity contribution in [3.8, 4) is 0 Å². The Morgan fingerprint density at radius 1 is 1.07 bits per heavy atom. The molecule has 0 aromatic heterocycles. The predicted octanol–water partition coefficient (Wildman–Crippen LogP) is 2.91. The first-order chi connectivity index (χ1) is 7.11. The lowest BCUT2D eigenvalue weighted by Gasteiger charge is -2.00. The van der Waals surface area contributed by atoms with Gasteiger partial charge in [0.25, 0.3) is 0 Å². The summed E-state index contributed by atoms with van der Waals surface area (Å²) in [5, 5.41) is 0.249. The van der Waals surface area contributed by atoms with E-state index in [9.17, 15) is 9.59 Å². The standard InChI is InChI=1S/C11H10Br2O2/c12-7-11(15)6-10(14)5-8-1-3-9(13)4-2-8/h1-4H,5-7H2. The van der Waals surface area contributed by atoms with Crippen molar-refractivity contribution in [2.24, 2.45) is 0 Å². The Labute approximate surface area is 105 Å². The highest BCUT2D eigenvalue weighted by Crippen LogP contribution is 2.11. The van der Waals surface area contributed by atoms with E-state index in [2.05, 4.69) is 31.9 Å². The Bertz CT molecular complexity index is 357. The van der Waals surface area contributed by atoms with E-state index >= 15 is 0 Å². The molecule has 0 aliphatic rings.